The predicted octanol–water partition coefficient (Wildman–Crippen LogP) is 1.13. The number of anilines is 1. The Hall–Kier alpha value is -1.20. The van der Waals surface area contributed by atoms with Crippen LogP contribution in [0.15, 0.2) is 12.4 Å². The minimum absolute atomic E-state index is 0.718. The first kappa shape index (κ1) is 12.3. The molecule has 1 aromatic rings. The van der Waals surface area contributed by atoms with E-state index in [-0.39, 0.29) is 0 Å². The molecule has 94 valence electrons. The zero-order chi connectivity index (χ0) is 12.1. The van der Waals surface area contributed by atoms with Crippen molar-refractivity contribution in [2.24, 2.45) is 0 Å². The third-order valence-electron chi connectivity index (χ3n) is 2.97. The maximum atomic E-state index is 5.14. The molecule has 0 aromatic carbocycles. The third-order valence-corrected chi connectivity index (χ3v) is 2.97. The first-order valence-electron chi connectivity index (χ1n) is 6.05. The van der Waals surface area contributed by atoms with Crippen LogP contribution in [0.4, 0.5) is 5.82 Å². The molecule has 0 unspecified atom stereocenters. The molecule has 0 amide bonds. The van der Waals surface area contributed by atoms with E-state index < -0.39 is 0 Å². The molecule has 0 atom stereocenters. The Bertz CT molecular complexity index is 337. The second kappa shape index (κ2) is 5.93. The Kier molecular flexibility index (Phi) is 4.28. The standard InChI is InChI=1S/C12H20N4O/c1-13-12-8-14-10(7-15-12)9-16(5-6-17-2)11-3-4-11/h7-8,11H,3-6,9H2,1-2H3,(H,13,15). The highest BCUT2D eigenvalue weighted by atomic mass is 16.5. The SMILES string of the molecule is CNc1cnc(CN(CCOC)C2CC2)cn1. The normalized spacial score (nSPS) is 15.2. The first-order valence-corrected chi connectivity index (χ1v) is 6.05. The van der Waals surface area contributed by atoms with Crippen molar-refractivity contribution < 1.29 is 4.74 Å². The van der Waals surface area contributed by atoms with Gasteiger partial charge < -0.3 is 10.1 Å². The Morgan fingerprint density at radius 2 is 2.24 bits per heavy atom. The number of aromatic nitrogens is 2. The van der Waals surface area contributed by atoms with Crippen molar-refractivity contribution in [3.8, 4) is 0 Å². The molecule has 5 heteroatoms. The highest BCUT2D eigenvalue weighted by molar-refractivity contribution is 5.29. The Labute approximate surface area is 102 Å². The Morgan fingerprint density at radius 1 is 1.41 bits per heavy atom. The van der Waals surface area contributed by atoms with Crippen LogP contribution in [0.25, 0.3) is 0 Å². The Morgan fingerprint density at radius 3 is 2.76 bits per heavy atom. The molecular formula is C12H20N4O. The maximum Gasteiger partial charge on any atom is 0.144 e. The molecule has 0 radical (unpaired) electrons. The summed E-state index contributed by atoms with van der Waals surface area (Å²) in [6.07, 6.45) is 6.21. The molecule has 0 saturated heterocycles. The van der Waals surface area contributed by atoms with Gasteiger partial charge in [0.05, 0.1) is 24.7 Å². The van der Waals surface area contributed by atoms with Crippen LogP contribution in [-0.4, -0.2) is 48.2 Å². The minimum Gasteiger partial charge on any atom is -0.383 e. The van der Waals surface area contributed by atoms with E-state index in [1.165, 1.54) is 12.8 Å². The summed E-state index contributed by atoms with van der Waals surface area (Å²) < 4.78 is 5.14. The summed E-state index contributed by atoms with van der Waals surface area (Å²) in [5, 5.41) is 2.97. The molecule has 17 heavy (non-hydrogen) atoms. The van der Waals surface area contributed by atoms with Gasteiger partial charge in [0, 0.05) is 33.3 Å². The smallest absolute Gasteiger partial charge is 0.144 e. The first-order chi connectivity index (χ1) is 8.33. The van der Waals surface area contributed by atoms with Crippen LogP contribution in [0.5, 0.6) is 0 Å². The van der Waals surface area contributed by atoms with E-state index in [4.69, 9.17) is 4.74 Å². The number of hydrogen-bond donors (Lipinski definition) is 1. The van der Waals surface area contributed by atoms with E-state index in [9.17, 15) is 0 Å². The van der Waals surface area contributed by atoms with Crippen LogP contribution in [0.2, 0.25) is 0 Å². The molecule has 1 aliphatic carbocycles. The van der Waals surface area contributed by atoms with Crippen molar-refractivity contribution in [1.29, 1.82) is 0 Å². The fraction of sp³-hybridized carbons (Fsp3) is 0.667. The van der Waals surface area contributed by atoms with Gasteiger partial charge in [-0.3, -0.25) is 9.88 Å². The molecule has 5 nitrogen and oxygen atoms in total. The molecule has 1 heterocycles. The monoisotopic (exact) mass is 236 g/mol. The quantitative estimate of drug-likeness (QED) is 0.769. The van der Waals surface area contributed by atoms with Gasteiger partial charge in [0.25, 0.3) is 0 Å². The zero-order valence-corrected chi connectivity index (χ0v) is 10.5. The molecule has 1 aliphatic rings. The number of hydrogen-bond acceptors (Lipinski definition) is 5. The summed E-state index contributed by atoms with van der Waals surface area (Å²) in [6.45, 7) is 2.61. The second-order valence-corrected chi connectivity index (χ2v) is 4.34. The van der Waals surface area contributed by atoms with Gasteiger partial charge in [-0.15, -0.1) is 0 Å². The molecule has 1 aromatic heterocycles. The molecule has 2 rings (SSSR count). The lowest BCUT2D eigenvalue weighted by Crippen LogP contribution is -2.29. The van der Waals surface area contributed by atoms with Crippen molar-refractivity contribution in [1.82, 2.24) is 14.9 Å². The van der Waals surface area contributed by atoms with E-state index in [1.54, 1.807) is 13.3 Å². The largest absolute Gasteiger partial charge is 0.383 e. The van der Waals surface area contributed by atoms with E-state index in [2.05, 4.69) is 20.2 Å². The van der Waals surface area contributed by atoms with Gasteiger partial charge in [0.2, 0.25) is 0 Å². The maximum absolute atomic E-state index is 5.14. The van der Waals surface area contributed by atoms with Gasteiger partial charge in [-0.2, -0.15) is 0 Å². The van der Waals surface area contributed by atoms with Crippen molar-refractivity contribution >= 4 is 5.82 Å². The summed E-state index contributed by atoms with van der Waals surface area (Å²) in [5.74, 6) is 0.809. The van der Waals surface area contributed by atoms with Crippen molar-refractivity contribution in [3.63, 3.8) is 0 Å². The van der Waals surface area contributed by atoms with Gasteiger partial charge in [-0.05, 0) is 12.8 Å². The topological polar surface area (TPSA) is 50.3 Å². The summed E-state index contributed by atoms with van der Waals surface area (Å²) in [4.78, 5) is 11.1. The molecule has 1 N–H and O–H groups in total. The minimum atomic E-state index is 0.718. The van der Waals surface area contributed by atoms with E-state index in [0.717, 1.165) is 37.3 Å². The fourth-order valence-electron chi connectivity index (χ4n) is 1.81. The lowest BCUT2D eigenvalue weighted by molar-refractivity contribution is 0.138. The Balaban J connectivity index is 1.91. The fourth-order valence-corrected chi connectivity index (χ4v) is 1.81. The van der Waals surface area contributed by atoms with Crippen molar-refractivity contribution in [3.05, 3.63) is 18.1 Å². The van der Waals surface area contributed by atoms with Gasteiger partial charge >= 0.3 is 0 Å². The summed E-state index contributed by atoms with van der Waals surface area (Å²) >= 11 is 0. The number of nitrogens with zero attached hydrogens (tertiary/aromatic N) is 3. The van der Waals surface area contributed by atoms with Gasteiger partial charge in [0.15, 0.2) is 0 Å². The van der Waals surface area contributed by atoms with Crippen LogP contribution in [0.1, 0.15) is 18.5 Å². The summed E-state index contributed by atoms with van der Waals surface area (Å²) in [5.41, 5.74) is 1.02. The van der Waals surface area contributed by atoms with Crippen LogP contribution >= 0.6 is 0 Å². The average Bonchev–Trinajstić information content (AvgIpc) is 3.19. The highest BCUT2D eigenvalue weighted by Crippen LogP contribution is 2.27. The van der Waals surface area contributed by atoms with Crippen LogP contribution < -0.4 is 5.32 Å². The molecule has 0 spiro atoms. The second-order valence-electron chi connectivity index (χ2n) is 4.34. The van der Waals surface area contributed by atoms with Crippen molar-refractivity contribution in [2.75, 3.05) is 32.6 Å². The summed E-state index contributed by atoms with van der Waals surface area (Å²) in [7, 11) is 3.59. The number of nitrogens with one attached hydrogen (secondary N) is 1. The van der Waals surface area contributed by atoms with Gasteiger partial charge in [0.1, 0.15) is 5.82 Å². The molecular weight excluding hydrogens is 216 g/mol. The molecule has 1 fully saturated rings. The molecule has 1 saturated carbocycles. The molecule has 0 bridgehead atoms. The number of ether oxygens (including phenoxy) is 1. The van der Waals surface area contributed by atoms with E-state index in [0.29, 0.717) is 0 Å². The third kappa shape index (κ3) is 3.64. The molecule has 0 aliphatic heterocycles. The van der Waals surface area contributed by atoms with Crippen LogP contribution in [0.3, 0.4) is 0 Å². The number of methoxy groups -OCH3 is 1. The lowest BCUT2D eigenvalue weighted by Gasteiger charge is -2.20. The predicted molar refractivity (Wildman–Crippen MR) is 66.9 cm³/mol. The zero-order valence-electron chi connectivity index (χ0n) is 10.5. The highest BCUT2D eigenvalue weighted by Gasteiger charge is 2.28. The van der Waals surface area contributed by atoms with Crippen LogP contribution in [-0.2, 0) is 11.3 Å². The number of rotatable bonds is 7. The van der Waals surface area contributed by atoms with E-state index >= 15 is 0 Å². The van der Waals surface area contributed by atoms with E-state index in [1.807, 2.05) is 13.2 Å². The lowest BCUT2D eigenvalue weighted by atomic mass is 10.3. The van der Waals surface area contributed by atoms with Gasteiger partial charge in [-0.25, -0.2) is 4.98 Å². The van der Waals surface area contributed by atoms with Gasteiger partial charge in [-0.1, -0.05) is 0 Å². The summed E-state index contributed by atoms with van der Waals surface area (Å²) in [6, 6.07) is 0.718. The van der Waals surface area contributed by atoms with Crippen LogP contribution in [0, 0.1) is 0 Å². The van der Waals surface area contributed by atoms with Crippen molar-refractivity contribution in [2.45, 2.75) is 25.4 Å². The average molecular weight is 236 g/mol.